The van der Waals surface area contributed by atoms with E-state index in [4.69, 9.17) is 4.74 Å². The van der Waals surface area contributed by atoms with Crippen molar-refractivity contribution in [2.75, 3.05) is 6.61 Å². The molecule has 1 aromatic rings. The molecule has 2 bridgehead atoms. The Morgan fingerprint density at radius 2 is 1.89 bits per heavy atom. The normalized spacial score (nSPS) is 29.7. The first-order valence-corrected chi connectivity index (χ1v) is 6.95. The smallest absolute Gasteiger partial charge is 0.496 e. The van der Waals surface area contributed by atoms with Gasteiger partial charge in [-0.15, -0.1) is 0 Å². The number of rotatable bonds is 4. The van der Waals surface area contributed by atoms with Gasteiger partial charge in [-0.05, 0) is 43.1 Å². The number of benzene rings is 1. The molecule has 5 heteroatoms. The van der Waals surface area contributed by atoms with Crippen molar-refractivity contribution in [2.45, 2.75) is 25.7 Å². The molecule has 0 aromatic heterocycles. The summed E-state index contributed by atoms with van der Waals surface area (Å²) in [6.45, 7) is -4.56. The molecular formula is C14H17BF3O-. The average molecular weight is 269 g/mol. The van der Waals surface area contributed by atoms with Crippen LogP contribution in [0.3, 0.4) is 0 Å². The summed E-state index contributed by atoms with van der Waals surface area (Å²) in [7, 11) is 0. The first-order valence-electron chi connectivity index (χ1n) is 6.95. The van der Waals surface area contributed by atoms with Crippen LogP contribution in [-0.2, 0) is 0 Å². The summed E-state index contributed by atoms with van der Waals surface area (Å²) >= 11 is 0. The van der Waals surface area contributed by atoms with E-state index in [-0.39, 0.29) is 5.75 Å². The molecule has 0 amide bonds. The summed E-state index contributed by atoms with van der Waals surface area (Å²) in [6.07, 6.45) is 4.90. The second kappa shape index (κ2) is 4.76. The van der Waals surface area contributed by atoms with Gasteiger partial charge in [0.25, 0.3) is 0 Å². The second-order valence-electron chi connectivity index (χ2n) is 5.86. The molecule has 1 aromatic carbocycles. The summed E-state index contributed by atoms with van der Waals surface area (Å²) in [6, 6.07) is 5.55. The Bertz CT molecular complexity index is 460. The van der Waals surface area contributed by atoms with E-state index < -0.39 is 12.4 Å². The van der Waals surface area contributed by atoms with Gasteiger partial charge in [0.15, 0.2) is 0 Å². The number of ether oxygens (including phenoxy) is 1. The molecule has 0 radical (unpaired) electrons. The van der Waals surface area contributed by atoms with E-state index >= 15 is 0 Å². The molecule has 0 saturated heterocycles. The van der Waals surface area contributed by atoms with Gasteiger partial charge in [0, 0.05) is 0 Å². The molecule has 3 atom stereocenters. The van der Waals surface area contributed by atoms with Crippen LogP contribution in [0.1, 0.15) is 25.7 Å². The van der Waals surface area contributed by atoms with E-state index in [2.05, 4.69) is 0 Å². The summed E-state index contributed by atoms with van der Waals surface area (Å²) in [4.78, 5) is 0. The minimum Gasteiger partial charge on any atom is -0.496 e. The Balaban J connectivity index is 1.67. The van der Waals surface area contributed by atoms with Crippen LogP contribution < -0.4 is 10.2 Å². The highest BCUT2D eigenvalue weighted by atomic mass is 19.4. The monoisotopic (exact) mass is 269 g/mol. The lowest BCUT2D eigenvalue weighted by molar-refractivity contribution is 0.196. The zero-order valence-corrected chi connectivity index (χ0v) is 10.7. The van der Waals surface area contributed by atoms with Gasteiger partial charge in [-0.2, -0.15) is 0 Å². The van der Waals surface area contributed by atoms with E-state index in [1.165, 1.54) is 31.4 Å². The number of hydrogen-bond donors (Lipinski definition) is 0. The number of hydrogen-bond acceptors (Lipinski definition) is 1. The summed E-state index contributed by atoms with van der Waals surface area (Å²) in [5.41, 5.74) is -0.606. The molecule has 2 aliphatic rings. The minimum atomic E-state index is -5.00. The van der Waals surface area contributed by atoms with Crippen molar-refractivity contribution < 1.29 is 17.7 Å². The maximum Gasteiger partial charge on any atom is 0.513 e. The average Bonchev–Trinajstić information content (AvgIpc) is 2.97. The Labute approximate surface area is 111 Å². The third-order valence-corrected chi connectivity index (χ3v) is 4.61. The third kappa shape index (κ3) is 2.60. The maximum absolute atomic E-state index is 12.9. The first kappa shape index (κ1) is 12.9. The van der Waals surface area contributed by atoms with Crippen molar-refractivity contribution in [3.8, 4) is 5.75 Å². The SMILES string of the molecule is F[B-](F)(F)c1ccccc1OCC1CC2CCC1C2. The topological polar surface area (TPSA) is 9.23 Å². The fourth-order valence-electron chi connectivity index (χ4n) is 3.66. The molecule has 0 heterocycles. The van der Waals surface area contributed by atoms with Crippen molar-refractivity contribution in [1.29, 1.82) is 0 Å². The van der Waals surface area contributed by atoms with Gasteiger partial charge in [-0.3, -0.25) is 0 Å². The molecule has 104 valence electrons. The van der Waals surface area contributed by atoms with E-state index in [1.54, 1.807) is 6.07 Å². The fourth-order valence-corrected chi connectivity index (χ4v) is 3.66. The zero-order chi connectivity index (χ0) is 13.5. The minimum absolute atomic E-state index is 0.00206. The van der Waals surface area contributed by atoms with Gasteiger partial charge >= 0.3 is 6.98 Å². The van der Waals surface area contributed by atoms with Crippen molar-refractivity contribution in [1.82, 2.24) is 0 Å². The second-order valence-corrected chi connectivity index (χ2v) is 5.86. The molecule has 0 spiro atoms. The number of para-hydroxylation sites is 1. The Morgan fingerprint density at radius 3 is 2.53 bits per heavy atom. The molecular weight excluding hydrogens is 252 g/mol. The van der Waals surface area contributed by atoms with Crippen LogP contribution in [-0.4, -0.2) is 13.6 Å². The van der Waals surface area contributed by atoms with Gasteiger partial charge in [0.2, 0.25) is 0 Å². The summed E-state index contributed by atoms with van der Waals surface area (Å²) in [5.74, 6) is 1.92. The summed E-state index contributed by atoms with van der Waals surface area (Å²) < 4.78 is 44.1. The Hall–Kier alpha value is -1.13. The highest BCUT2D eigenvalue weighted by Crippen LogP contribution is 2.48. The van der Waals surface area contributed by atoms with E-state index in [9.17, 15) is 12.9 Å². The van der Waals surface area contributed by atoms with Crippen molar-refractivity contribution in [3.63, 3.8) is 0 Å². The number of fused-ring (bicyclic) bond motifs is 2. The van der Waals surface area contributed by atoms with E-state index in [0.29, 0.717) is 18.4 Å². The maximum atomic E-state index is 12.9. The molecule has 3 rings (SSSR count). The largest absolute Gasteiger partial charge is 0.513 e. The molecule has 3 unspecified atom stereocenters. The molecule has 0 aliphatic heterocycles. The molecule has 1 nitrogen and oxygen atoms in total. The molecule has 2 aliphatic carbocycles. The lowest BCUT2D eigenvalue weighted by Gasteiger charge is -2.24. The van der Waals surface area contributed by atoms with Crippen molar-refractivity contribution in [2.24, 2.45) is 17.8 Å². The fraction of sp³-hybridized carbons (Fsp3) is 0.571. The van der Waals surface area contributed by atoms with Gasteiger partial charge in [-0.1, -0.05) is 30.1 Å². The van der Waals surface area contributed by atoms with E-state index in [0.717, 1.165) is 18.4 Å². The predicted octanol–water partition coefficient (Wildman–Crippen LogP) is 3.56. The zero-order valence-electron chi connectivity index (χ0n) is 10.7. The standard InChI is InChI=1S/C14H17BF3O/c16-15(17,18)13-3-1-2-4-14(13)19-9-12-8-10-5-6-11(12)7-10/h1-4,10-12H,5-9H2/q-1. The lowest BCUT2D eigenvalue weighted by atomic mass is 9.79. The van der Waals surface area contributed by atoms with Crippen LogP contribution in [0.5, 0.6) is 5.75 Å². The quantitative estimate of drug-likeness (QED) is 0.759. The lowest BCUT2D eigenvalue weighted by Crippen LogP contribution is -2.35. The third-order valence-electron chi connectivity index (χ3n) is 4.61. The van der Waals surface area contributed by atoms with Gasteiger partial charge in [0.05, 0.1) is 12.4 Å². The van der Waals surface area contributed by atoms with Crippen LogP contribution in [0.4, 0.5) is 12.9 Å². The Morgan fingerprint density at radius 1 is 1.11 bits per heavy atom. The van der Waals surface area contributed by atoms with Crippen LogP contribution >= 0.6 is 0 Å². The van der Waals surface area contributed by atoms with Crippen LogP contribution in [0.15, 0.2) is 24.3 Å². The highest BCUT2D eigenvalue weighted by Gasteiger charge is 2.40. The van der Waals surface area contributed by atoms with Crippen LogP contribution in [0, 0.1) is 17.8 Å². The van der Waals surface area contributed by atoms with Crippen LogP contribution in [0.25, 0.3) is 0 Å². The Kier molecular flexibility index (Phi) is 3.23. The van der Waals surface area contributed by atoms with Crippen molar-refractivity contribution >= 4 is 12.4 Å². The number of halogens is 3. The molecule has 0 N–H and O–H groups in total. The first-order chi connectivity index (χ1) is 9.04. The predicted molar refractivity (Wildman–Crippen MR) is 69.6 cm³/mol. The highest BCUT2D eigenvalue weighted by molar-refractivity contribution is 6.74. The van der Waals surface area contributed by atoms with Gasteiger partial charge in [-0.25, -0.2) is 0 Å². The van der Waals surface area contributed by atoms with Gasteiger partial charge in [0.1, 0.15) is 0 Å². The molecule has 2 fully saturated rings. The van der Waals surface area contributed by atoms with Crippen LogP contribution in [0.2, 0.25) is 0 Å². The van der Waals surface area contributed by atoms with E-state index in [1.807, 2.05) is 0 Å². The summed E-state index contributed by atoms with van der Waals surface area (Å²) in [5, 5.41) is 0. The molecule has 19 heavy (non-hydrogen) atoms. The van der Waals surface area contributed by atoms with Gasteiger partial charge < -0.3 is 17.7 Å². The van der Waals surface area contributed by atoms with Crippen molar-refractivity contribution in [3.05, 3.63) is 24.3 Å². The molecule has 2 saturated carbocycles.